The minimum atomic E-state index is -0.381. The Morgan fingerprint density at radius 3 is 2.65 bits per heavy atom. The Balaban J connectivity index is 2.42. The van der Waals surface area contributed by atoms with Crippen LogP contribution in [0.25, 0.3) is 0 Å². The molecule has 0 radical (unpaired) electrons. The molecule has 0 aromatic heterocycles. The van der Waals surface area contributed by atoms with E-state index in [4.69, 9.17) is 16.3 Å². The van der Waals surface area contributed by atoms with E-state index in [1.165, 1.54) is 25.7 Å². The number of ether oxygens (including phenoxy) is 1. The first kappa shape index (κ1) is 16.8. The molecule has 3 heteroatoms. The Bertz CT molecular complexity index is 429. The quantitative estimate of drug-likeness (QED) is 0.346. The third-order valence-electron chi connectivity index (χ3n) is 3.21. The molecule has 0 aliphatic heterocycles. The van der Waals surface area contributed by atoms with Crippen LogP contribution in [0.2, 0.25) is 5.02 Å². The van der Waals surface area contributed by atoms with Crippen molar-refractivity contribution in [2.45, 2.75) is 51.6 Å². The number of benzene rings is 1. The monoisotopic (exact) mass is 294 g/mol. The highest BCUT2D eigenvalue weighted by Gasteiger charge is 2.15. The van der Waals surface area contributed by atoms with Gasteiger partial charge in [0.2, 0.25) is 0 Å². The highest BCUT2D eigenvalue weighted by Crippen LogP contribution is 2.18. The first-order valence-electron chi connectivity index (χ1n) is 7.27. The summed E-state index contributed by atoms with van der Waals surface area (Å²) in [6, 6.07) is 6.92. The van der Waals surface area contributed by atoms with Gasteiger partial charge in [0.1, 0.15) is 6.10 Å². The second kappa shape index (κ2) is 9.60. The molecule has 0 aliphatic carbocycles. The molecule has 0 unspecified atom stereocenters. The lowest BCUT2D eigenvalue weighted by Crippen LogP contribution is -2.16. The molecule has 0 bridgehead atoms. The van der Waals surface area contributed by atoms with Crippen LogP contribution in [0, 0.1) is 0 Å². The molecule has 0 spiro atoms. The highest BCUT2D eigenvalue weighted by molar-refractivity contribution is 6.33. The van der Waals surface area contributed by atoms with Gasteiger partial charge in [-0.05, 0) is 25.0 Å². The lowest BCUT2D eigenvalue weighted by molar-refractivity contribution is 0.0377. The van der Waals surface area contributed by atoms with Gasteiger partial charge in [0, 0.05) is 0 Å². The van der Waals surface area contributed by atoms with Crippen LogP contribution >= 0.6 is 11.6 Å². The molecule has 0 heterocycles. The van der Waals surface area contributed by atoms with Crippen molar-refractivity contribution in [3.63, 3.8) is 0 Å². The zero-order chi connectivity index (χ0) is 14.8. The van der Waals surface area contributed by atoms with E-state index in [1.807, 2.05) is 0 Å². The second-order valence-electron chi connectivity index (χ2n) is 4.86. The third kappa shape index (κ3) is 5.79. The number of unbranched alkanes of at least 4 members (excludes halogenated alkanes) is 4. The van der Waals surface area contributed by atoms with Crippen molar-refractivity contribution in [2.24, 2.45) is 0 Å². The Morgan fingerprint density at radius 1 is 1.30 bits per heavy atom. The van der Waals surface area contributed by atoms with E-state index in [1.54, 1.807) is 30.3 Å². The molecule has 0 saturated heterocycles. The molecule has 0 amide bonds. The maximum Gasteiger partial charge on any atom is 0.340 e. The predicted octanol–water partition coefficient (Wildman–Crippen LogP) is 5.41. The van der Waals surface area contributed by atoms with Crippen LogP contribution in [0.4, 0.5) is 0 Å². The molecule has 0 N–H and O–H groups in total. The van der Waals surface area contributed by atoms with E-state index in [9.17, 15) is 4.79 Å². The number of rotatable bonds is 9. The zero-order valence-corrected chi connectivity index (χ0v) is 12.9. The number of hydrogen-bond donors (Lipinski definition) is 0. The molecule has 1 rings (SSSR count). The Morgan fingerprint density at radius 2 is 2.00 bits per heavy atom. The van der Waals surface area contributed by atoms with E-state index in [0.29, 0.717) is 10.6 Å². The minimum absolute atomic E-state index is 0.236. The zero-order valence-electron chi connectivity index (χ0n) is 12.1. The van der Waals surface area contributed by atoms with Gasteiger partial charge in [-0.25, -0.2) is 4.79 Å². The summed E-state index contributed by atoms with van der Waals surface area (Å²) in [5.74, 6) is -0.381. The van der Waals surface area contributed by atoms with Crippen molar-refractivity contribution >= 4 is 17.6 Å². The van der Waals surface area contributed by atoms with Gasteiger partial charge in [0.05, 0.1) is 10.6 Å². The fourth-order valence-corrected chi connectivity index (χ4v) is 2.21. The van der Waals surface area contributed by atoms with Gasteiger partial charge in [-0.2, -0.15) is 0 Å². The van der Waals surface area contributed by atoms with Gasteiger partial charge in [0.15, 0.2) is 0 Å². The van der Waals surface area contributed by atoms with Crippen LogP contribution < -0.4 is 0 Å². The number of hydrogen-bond acceptors (Lipinski definition) is 2. The topological polar surface area (TPSA) is 26.3 Å². The van der Waals surface area contributed by atoms with Gasteiger partial charge in [0.25, 0.3) is 0 Å². The number of carbonyl (C=O) groups is 1. The summed E-state index contributed by atoms with van der Waals surface area (Å²) in [5, 5.41) is 0.420. The Kier molecular flexibility index (Phi) is 8.05. The molecule has 2 nitrogen and oxygen atoms in total. The summed E-state index contributed by atoms with van der Waals surface area (Å²) in [5.41, 5.74) is 0.409. The number of halogens is 1. The minimum Gasteiger partial charge on any atom is -0.455 e. The molecule has 0 aliphatic rings. The van der Waals surface area contributed by atoms with Crippen LogP contribution in [0.15, 0.2) is 36.9 Å². The Labute approximate surface area is 126 Å². The smallest absolute Gasteiger partial charge is 0.340 e. The predicted molar refractivity (Wildman–Crippen MR) is 84.2 cm³/mol. The van der Waals surface area contributed by atoms with Crippen LogP contribution in [-0.4, -0.2) is 12.1 Å². The fraction of sp³-hybridized carbons (Fsp3) is 0.471. The maximum atomic E-state index is 12.0. The molecular formula is C17H23ClO2. The van der Waals surface area contributed by atoms with Crippen molar-refractivity contribution in [1.82, 2.24) is 0 Å². The maximum absolute atomic E-state index is 12.0. The van der Waals surface area contributed by atoms with Gasteiger partial charge in [-0.15, -0.1) is 0 Å². The summed E-state index contributed by atoms with van der Waals surface area (Å²) in [6.07, 6.45) is 8.22. The first-order valence-corrected chi connectivity index (χ1v) is 7.65. The van der Waals surface area contributed by atoms with Crippen molar-refractivity contribution in [1.29, 1.82) is 0 Å². The SMILES string of the molecule is C=C[C@@H](CCCCCCC)OC(=O)c1ccccc1Cl. The van der Waals surface area contributed by atoms with Crippen LogP contribution in [0.3, 0.4) is 0 Å². The van der Waals surface area contributed by atoms with E-state index in [-0.39, 0.29) is 12.1 Å². The molecule has 1 aromatic carbocycles. The van der Waals surface area contributed by atoms with Crippen molar-refractivity contribution in [3.05, 3.63) is 47.5 Å². The first-order chi connectivity index (χ1) is 9.69. The van der Waals surface area contributed by atoms with Crippen LogP contribution in [0.5, 0.6) is 0 Å². The summed E-state index contributed by atoms with van der Waals surface area (Å²) in [6.45, 7) is 5.93. The lowest BCUT2D eigenvalue weighted by Gasteiger charge is -2.14. The number of esters is 1. The van der Waals surface area contributed by atoms with Gasteiger partial charge < -0.3 is 4.74 Å². The Hall–Kier alpha value is -1.28. The molecule has 1 aromatic rings. The van der Waals surface area contributed by atoms with E-state index >= 15 is 0 Å². The average Bonchev–Trinajstić information content (AvgIpc) is 2.46. The summed E-state index contributed by atoms with van der Waals surface area (Å²) < 4.78 is 5.43. The van der Waals surface area contributed by atoms with Crippen LogP contribution in [0.1, 0.15) is 55.8 Å². The summed E-state index contributed by atoms with van der Waals surface area (Å²) in [7, 11) is 0. The molecule has 110 valence electrons. The fourth-order valence-electron chi connectivity index (χ4n) is 2.00. The second-order valence-corrected chi connectivity index (χ2v) is 5.27. The van der Waals surface area contributed by atoms with Gasteiger partial charge in [-0.3, -0.25) is 0 Å². The third-order valence-corrected chi connectivity index (χ3v) is 3.54. The molecule has 0 fully saturated rings. The largest absolute Gasteiger partial charge is 0.455 e. The normalized spacial score (nSPS) is 11.9. The average molecular weight is 295 g/mol. The molecular weight excluding hydrogens is 272 g/mol. The highest BCUT2D eigenvalue weighted by atomic mass is 35.5. The molecule has 1 atom stereocenters. The van der Waals surface area contributed by atoms with Gasteiger partial charge >= 0.3 is 5.97 Å². The van der Waals surface area contributed by atoms with Gasteiger partial charge in [-0.1, -0.05) is 69.0 Å². The van der Waals surface area contributed by atoms with E-state index in [2.05, 4.69) is 13.5 Å². The van der Waals surface area contributed by atoms with Crippen molar-refractivity contribution in [3.8, 4) is 0 Å². The molecule has 20 heavy (non-hydrogen) atoms. The lowest BCUT2D eigenvalue weighted by atomic mass is 10.1. The van der Waals surface area contributed by atoms with Crippen molar-refractivity contribution in [2.75, 3.05) is 0 Å². The van der Waals surface area contributed by atoms with Crippen molar-refractivity contribution < 1.29 is 9.53 Å². The standard InChI is InChI=1S/C17H23ClO2/c1-3-5-6-7-8-11-14(4-2)20-17(19)15-12-9-10-13-16(15)18/h4,9-10,12-14H,2-3,5-8,11H2,1H3/t14-/m0/s1. The van der Waals surface area contributed by atoms with E-state index in [0.717, 1.165) is 12.8 Å². The van der Waals surface area contributed by atoms with E-state index < -0.39 is 0 Å². The summed E-state index contributed by atoms with van der Waals surface area (Å²) >= 11 is 5.98. The molecule has 0 saturated carbocycles. The van der Waals surface area contributed by atoms with Crippen LogP contribution in [-0.2, 0) is 4.74 Å². The summed E-state index contributed by atoms with van der Waals surface area (Å²) in [4.78, 5) is 12.0. The number of carbonyl (C=O) groups excluding carboxylic acids is 1.